The van der Waals surface area contributed by atoms with Crippen molar-refractivity contribution in [3.05, 3.63) is 16.3 Å². The lowest BCUT2D eigenvalue weighted by molar-refractivity contribution is -0.139. The van der Waals surface area contributed by atoms with Crippen LogP contribution in [0.1, 0.15) is 22.5 Å². The van der Waals surface area contributed by atoms with Gasteiger partial charge >= 0.3 is 5.97 Å². The minimum Gasteiger partial charge on any atom is -0.480 e. The summed E-state index contributed by atoms with van der Waals surface area (Å²) in [7, 11) is -2.32. The number of sulfonamides is 1. The van der Waals surface area contributed by atoms with Crippen LogP contribution in [0.5, 0.6) is 0 Å². The molecule has 0 saturated heterocycles. The minimum atomic E-state index is -3.60. The molecule has 3 N–H and O–H groups in total. The Kier molecular flexibility index (Phi) is 4.11. The van der Waals surface area contributed by atoms with Crippen molar-refractivity contribution in [3.8, 4) is 0 Å². The van der Waals surface area contributed by atoms with E-state index in [-0.39, 0.29) is 15.7 Å². The molecule has 1 aliphatic carbocycles. The van der Waals surface area contributed by atoms with Crippen LogP contribution in [0.2, 0.25) is 0 Å². The number of carbonyl (C=O) groups is 2. The summed E-state index contributed by atoms with van der Waals surface area (Å²) in [5.74, 6) is -1.66. The maximum absolute atomic E-state index is 11.9. The van der Waals surface area contributed by atoms with E-state index in [4.69, 9.17) is 5.11 Å². The SMILES string of the molecule is CNS(=O)(=O)c1csc(C(=O)NC(C(=O)O)C2CC2)c1. The topological polar surface area (TPSA) is 113 Å². The summed E-state index contributed by atoms with van der Waals surface area (Å²) >= 11 is 0.962. The smallest absolute Gasteiger partial charge is 0.326 e. The summed E-state index contributed by atoms with van der Waals surface area (Å²) in [6.45, 7) is 0. The lowest BCUT2D eigenvalue weighted by atomic mass is 10.2. The zero-order chi connectivity index (χ0) is 14.9. The molecule has 0 bridgehead atoms. The molecular formula is C11H14N2O5S2. The molecule has 1 aromatic heterocycles. The van der Waals surface area contributed by atoms with Gasteiger partial charge in [0.25, 0.3) is 5.91 Å². The van der Waals surface area contributed by atoms with Gasteiger partial charge in [-0.25, -0.2) is 17.9 Å². The molecule has 20 heavy (non-hydrogen) atoms. The number of hydrogen-bond acceptors (Lipinski definition) is 5. The Bertz CT molecular complexity index is 633. The highest BCUT2D eigenvalue weighted by Crippen LogP contribution is 2.33. The second-order valence-corrected chi connectivity index (χ2v) is 7.28. The second kappa shape index (κ2) is 5.51. The second-order valence-electron chi connectivity index (χ2n) is 4.48. The number of amides is 1. The zero-order valence-electron chi connectivity index (χ0n) is 10.6. The van der Waals surface area contributed by atoms with E-state index in [2.05, 4.69) is 10.0 Å². The van der Waals surface area contributed by atoms with E-state index in [0.717, 1.165) is 24.2 Å². The summed E-state index contributed by atoms with van der Waals surface area (Å²) in [6.07, 6.45) is 1.56. The third-order valence-electron chi connectivity index (χ3n) is 3.02. The van der Waals surface area contributed by atoms with Crippen molar-refractivity contribution in [1.82, 2.24) is 10.0 Å². The molecule has 1 aliphatic rings. The van der Waals surface area contributed by atoms with Gasteiger partial charge in [0.15, 0.2) is 0 Å². The summed E-state index contributed by atoms with van der Waals surface area (Å²) < 4.78 is 25.3. The predicted octanol–water partition coefficient (Wildman–Crippen LogP) is 0.249. The molecule has 0 spiro atoms. The number of aliphatic carboxylic acids is 1. The highest BCUT2D eigenvalue weighted by atomic mass is 32.2. The fourth-order valence-corrected chi connectivity index (χ4v) is 3.63. The average Bonchev–Trinajstić information content (AvgIpc) is 3.09. The van der Waals surface area contributed by atoms with Gasteiger partial charge in [-0.1, -0.05) is 0 Å². The predicted molar refractivity (Wildman–Crippen MR) is 72.2 cm³/mol. The number of rotatable bonds is 6. The van der Waals surface area contributed by atoms with Gasteiger partial charge in [0, 0.05) is 5.38 Å². The maximum atomic E-state index is 11.9. The average molecular weight is 318 g/mol. The zero-order valence-corrected chi connectivity index (χ0v) is 12.3. The normalized spacial score (nSPS) is 16.6. The number of nitrogens with one attached hydrogen (secondary N) is 2. The van der Waals surface area contributed by atoms with Gasteiger partial charge in [-0.3, -0.25) is 4.79 Å². The van der Waals surface area contributed by atoms with Gasteiger partial charge in [0.2, 0.25) is 10.0 Å². The highest BCUT2D eigenvalue weighted by molar-refractivity contribution is 7.89. The van der Waals surface area contributed by atoms with E-state index in [1.165, 1.54) is 18.5 Å². The lowest BCUT2D eigenvalue weighted by Crippen LogP contribution is -2.42. The van der Waals surface area contributed by atoms with Crippen molar-refractivity contribution >= 4 is 33.2 Å². The highest BCUT2D eigenvalue weighted by Gasteiger charge is 2.37. The third kappa shape index (κ3) is 3.17. The molecule has 0 aliphatic heterocycles. The summed E-state index contributed by atoms with van der Waals surface area (Å²) in [6, 6.07) is 0.325. The number of carboxylic acid groups (broad SMARTS) is 1. The van der Waals surface area contributed by atoms with E-state index in [9.17, 15) is 18.0 Å². The molecule has 7 nitrogen and oxygen atoms in total. The molecular weight excluding hydrogens is 304 g/mol. The molecule has 1 heterocycles. The Hall–Kier alpha value is -1.45. The van der Waals surface area contributed by atoms with E-state index >= 15 is 0 Å². The van der Waals surface area contributed by atoms with Crippen LogP contribution < -0.4 is 10.0 Å². The Morgan fingerprint density at radius 2 is 2.10 bits per heavy atom. The van der Waals surface area contributed by atoms with Crippen LogP contribution in [0.4, 0.5) is 0 Å². The van der Waals surface area contributed by atoms with Crippen LogP contribution in [-0.2, 0) is 14.8 Å². The number of thiophene rings is 1. The lowest BCUT2D eigenvalue weighted by Gasteiger charge is -2.12. The van der Waals surface area contributed by atoms with Gasteiger partial charge in [0.05, 0.1) is 9.77 Å². The number of carbonyl (C=O) groups excluding carboxylic acids is 1. The summed E-state index contributed by atoms with van der Waals surface area (Å²) in [5.41, 5.74) is 0. The van der Waals surface area contributed by atoms with E-state index in [1.807, 2.05) is 0 Å². The van der Waals surface area contributed by atoms with Crippen molar-refractivity contribution < 1.29 is 23.1 Å². The van der Waals surface area contributed by atoms with E-state index in [1.54, 1.807) is 0 Å². The largest absolute Gasteiger partial charge is 0.480 e. The molecule has 110 valence electrons. The van der Waals surface area contributed by atoms with Crippen molar-refractivity contribution in [1.29, 1.82) is 0 Å². The van der Waals surface area contributed by atoms with Crippen molar-refractivity contribution in [2.75, 3.05) is 7.05 Å². The molecule has 0 aromatic carbocycles. The molecule has 1 unspecified atom stereocenters. The fourth-order valence-electron chi connectivity index (χ4n) is 1.72. The fraction of sp³-hybridized carbons (Fsp3) is 0.455. The van der Waals surface area contributed by atoms with Crippen molar-refractivity contribution in [3.63, 3.8) is 0 Å². The van der Waals surface area contributed by atoms with Crippen LogP contribution in [0.3, 0.4) is 0 Å². The van der Waals surface area contributed by atoms with Crippen LogP contribution in [-0.4, -0.2) is 38.5 Å². The standard InChI is InChI=1S/C11H14N2O5S2/c1-12-20(17,18)7-4-8(19-5-7)10(14)13-9(11(15)16)6-2-3-6/h4-6,9,12H,2-3H2,1H3,(H,13,14)(H,15,16). The molecule has 9 heteroatoms. The van der Waals surface area contributed by atoms with E-state index in [0.29, 0.717) is 0 Å². The molecule has 1 amide bonds. The first-order chi connectivity index (χ1) is 9.35. The summed E-state index contributed by atoms with van der Waals surface area (Å²) in [5, 5.41) is 12.8. The van der Waals surface area contributed by atoms with Crippen LogP contribution in [0.15, 0.2) is 16.3 Å². The Balaban J connectivity index is 2.12. The van der Waals surface area contributed by atoms with Gasteiger partial charge in [-0.05, 0) is 31.9 Å². The van der Waals surface area contributed by atoms with Crippen molar-refractivity contribution in [2.24, 2.45) is 5.92 Å². The Labute approximate surface area is 120 Å². The van der Waals surface area contributed by atoms with Gasteiger partial charge in [0.1, 0.15) is 6.04 Å². The molecule has 0 radical (unpaired) electrons. The molecule has 1 fully saturated rings. The molecule has 1 saturated carbocycles. The molecule has 2 rings (SSSR count). The first-order valence-electron chi connectivity index (χ1n) is 5.91. The Morgan fingerprint density at radius 1 is 1.45 bits per heavy atom. The maximum Gasteiger partial charge on any atom is 0.326 e. The first-order valence-corrected chi connectivity index (χ1v) is 8.27. The van der Waals surface area contributed by atoms with E-state index < -0.39 is 27.9 Å². The van der Waals surface area contributed by atoms with Gasteiger partial charge in [-0.15, -0.1) is 11.3 Å². The van der Waals surface area contributed by atoms with Crippen LogP contribution in [0.25, 0.3) is 0 Å². The van der Waals surface area contributed by atoms with Gasteiger partial charge in [-0.2, -0.15) is 0 Å². The van der Waals surface area contributed by atoms with Crippen molar-refractivity contribution in [2.45, 2.75) is 23.8 Å². The van der Waals surface area contributed by atoms with Gasteiger partial charge < -0.3 is 10.4 Å². The first kappa shape index (κ1) is 14.9. The number of hydrogen-bond donors (Lipinski definition) is 3. The number of carboxylic acids is 1. The third-order valence-corrected chi connectivity index (χ3v) is 5.50. The molecule has 1 aromatic rings. The van der Waals surface area contributed by atoms with Crippen LogP contribution in [0, 0.1) is 5.92 Å². The summed E-state index contributed by atoms with van der Waals surface area (Å²) in [4.78, 5) is 23.1. The quantitative estimate of drug-likeness (QED) is 0.696. The minimum absolute atomic E-state index is 0.00607. The molecule has 1 atom stereocenters. The monoisotopic (exact) mass is 318 g/mol. The van der Waals surface area contributed by atoms with Crippen LogP contribution >= 0.6 is 11.3 Å². The Morgan fingerprint density at radius 3 is 2.60 bits per heavy atom.